The fourth-order valence-corrected chi connectivity index (χ4v) is 3.02. The summed E-state index contributed by atoms with van der Waals surface area (Å²) in [6.45, 7) is 3.75. The van der Waals surface area contributed by atoms with Crippen LogP contribution in [-0.2, 0) is 16.1 Å². The second kappa shape index (κ2) is 11.8. The molecule has 34 heavy (non-hydrogen) atoms. The van der Waals surface area contributed by atoms with Crippen LogP contribution in [0.25, 0.3) is 0 Å². The SMILES string of the molecule is CC(C)(N)C(=O)NC(COCc1ccccc1)c1nnnn1C(CC#N)COc1ccccn1. The number of nitriles is 1. The van der Waals surface area contributed by atoms with Gasteiger partial charge in [-0.05, 0) is 35.9 Å². The highest BCUT2D eigenvalue weighted by molar-refractivity contribution is 5.85. The zero-order valence-electron chi connectivity index (χ0n) is 19.2. The van der Waals surface area contributed by atoms with Crippen molar-refractivity contribution in [1.29, 1.82) is 5.26 Å². The van der Waals surface area contributed by atoms with Crippen LogP contribution in [0.5, 0.6) is 5.88 Å². The summed E-state index contributed by atoms with van der Waals surface area (Å²) >= 11 is 0. The van der Waals surface area contributed by atoms with Gasteiger partial charge in [0.15, 0.2) is 5.82 Å². The maximum absolute atomic E-state index is 12.7. The van der Waals surface area contributed by atoms with Crippen LogP contribution >= 0.6 is 0 Å². The van der Waals surface area contributed by atoms with Gasteiger partial charge in [-0.2, -0.15) is 5.26 Å². The number of rotatable bonds is 12. The number of nitrogens with one attached hydrogen (secondary N) is 1. The van der Waals surface area contributed by atoms with Crippen molar-refractivity contribution in [3.63, 3.8) is 0 Å². The molecule has 2 atom stereocenters. The average molecular weight is 465 g/mol. The second-order valence-electron chi connectivity index (χ2n) is 8.23. The van der Waals surface area contributed by atoms with Gasteiger partial charge in [-0.15, -0.1) is 5.10 Å². The number of nitrogens with zero attached hydrogens (tertiary/aromatic N) is 6. The van der Waals surface area contributed by atoms with E-state index in [0.29, 0.717) is 18.3 Å². The Morgan fingerprint density at radius 3 is 2.65 bits per heavy atom. The smallest absolute Gasteiger partial charge is 0.240 e. The van der Waals surface area contributed by atoms with Gasteiger partial charge in [0, 0.05) is 12.3 Å². The topological polar surface area (TPSA) is 154 Å². The molecular formula is C23H28N8O3. The summed E-state index contributed by atoms with van der Waals surface area (Å²) in [5, 5.41) is 24.2. The minimum absolute atomic E-state index is 0.0821. The van der Waals surface area contributed by atoms with Crippen LogP contribution in [0.15, 0.2) is 54.7 Å². The van der Waals surface area contributed by atoms with Crippen LogP contribution < -0.4 is 15.8 Å². The van der Waals surface area contributed by atoms with Crippen molar-refractivity contribution < 1.29 is 14.3 Å². The molecule has 0 aliphatic carbocycles. The molecule has 2 aromatic heterocycles. The summed E-state index contributed by atoms with van der Waals surface area (Å²) in [6.07, 6.45) is 1.69. The molecule has 0 aliphatic heterocycles. The van der Waals surface area contributed by atoms with Crippen molar-refractivity contribution in [2.75, 3.05) is 13.2 Å². The number of pyridine rings is 1. The van der Waals surface area contributed by atoms with Gasteiger partial charge in [0.25, 0.3) is 0 Å². The molecule has 178 valence electrons. The fourth-order valence-electron chi connectivity index (χ4n) is 3.02. The Morgan fingerprint density at radius 2 is 1.97 bits per heavy atom. The van der Waals surface area contributed by atoms with Gasteiger partial charge in [-0.3, -0.25) is 4.79 Å². The number of amides is 1. The number of carbonyl (C=O) groups is 1. The first-order chi connectivity index (χ1) is 16.4. The summed E-state index contributed by atoms with van der Waals surface area (Å²) < 4.78 is 13.1. The minimum atomic E-state index is -1.12. The molecular weight excluding hydrogens is 436 g/mol. The van der Waals surface area contributed by atoms with Crippen molar-refractivity contribution in [3.05, 3.63) is 66.1 Å². The number of tetrazole rings is 1. The molecule has 1 amide bonds. The van der Waals surface area contributed by atoms with E-state index in [4.69, 9.17) is 15.2 Å². The second-order valence-corrected chi connectivity index (χ2v) is 8.23. The highest BCUT2D eigenvalue weighted by atomic mass is 16.5. The first-order valence-corrected chi connectivity index (χ1v) is 10.8. The number of hydrogen-bond acceptors (Lipinski definition) is 9. The third kappa shape index (κ3) is 7.06. The number of aromatic nitrogens is 5. The number of hydrogen-bond donors (Lipinski definition) is 2. The molecule has 3 aromatic rings. The summed E-state index contributed by atoms with van der Waals surface area (Å²) in [5.41, 5.74) is 5.84. The standard InChI is InChI=1S/C23H28N8O3/c1-23(2,25)22(32)27-19(16-33-14-17-8-4-3-5-9-17)21-28-29-30-31(21)18(11-12-24)15-34-20-10-6-7-13-26-20/h3-10,13,18-19H,11,14-16,25H2,1-2H3,(H,27,32). The molecule has 0 radical (unpaired) electrons. The van der Waals surface area contributed by atoms with E-state index < -0.39 is 23.5 Å². The molecule has 0 saturated carbocycles. The monoisotopic (exact) mass is 464 g/mol. The van der Waals surface area contributed by atoms with E-state index >= 15 is 0 Å². The van der Waals surface area contributed by atoms with Crippen LogP contribution in [-0.4, -0.2) is 49.9 Å². The van der Waals surface area contributed by atoms with E-state index in [0.717, 1.165) is 5.56 Å². The van der Waals surface area contributed by atoms with Crippen molar-refractivity contribution in [1.82, 2.24) is 30.5 Å². The quantitative estimate of drug-likeness (QED) is 0.407. The molecule has 3 N–H and O–H groups in total. The van der Waals surface area contributed by atoms with Crippen molar-refractivity contribution in [2.24, 2.45) is 5.73 Å². The number of benzene rings is 1. The largest absolute Gasteiger partial charge is 0.475 e. The van der Waals surface area contributed by atoms with Gasteiger partial charge in [0.1, 0.15) is 18.7 Å². The van der Waals surface area contributed by atoms with Gasteiger partial charge in [-0.1, -0.05) is 36.4 Å². The average Bonchev–Trinajstić information content (AvgIpc) is 3.31. The molecule has 0 spiro atoms. The Bertz CT molecular complexity index is 1080. The molecule has 11 nitrogen and oxygen atoms in total. The maximum atomic E-state index is 12.7. The zero-order chi connectivity index (χ0) is 24.4. The molecule has 3 rings (SSSR count). The summed E-state index contributed by atoms with van der Waals surface area (Å²) in [4.78, 5) is 16.8. The fraction of sp³-hybridized carbons (Fsp3) is 0.391. The Labute approximate surface area is 197 Å². The summed E-state index contributed by atoms with van der Waals surface area (Å²) in [5.74, 6) is 0.355. The Hall–Kier alpha value is -3.88. The van der Waals surface area contributed by atoms with E-state index in [9.17, 15) is 10.1 Å². The normalized spacial score (nSPS) is 13.0. The summed E-state index contributed by atoms with van der Waals surface area (Å²) in [7, 11) is 0. The number of carbonyl (C=O) groups excluding carboxylic acids is 1. The Morgan fingerprint density at radius 1 is 1.21 bits per heavy atom. The van der Waals surface area contributed by atoms with E-state index in [2.05, 4.69) is 31.9 Å². The van der Waals surface area contributed by atoms with Crippen molar-refractivity contribution in [3.8, 4) is 11.9 Å². The number of nitrogens with two attached hydrogens (primary N) is 1. The number of ether oxygens (including phenoxy) is 2. The lowest BCUT2D eigenvalue weighted by molar-refractivity contribution is -0.126. The lowest BCUT2D eigenvalue weighted by Gasteiger charge is -2.25. The predicted molar refractivity (Wildman–Crippen MR) is 122 cm³/mol. The van der Waals surface area contributed by atoms with Gasteiger partial charge < -0.3 is 20.5 Å². The molecule has 1 aromatic carbocycles. The molecule has 0 saturated heterocycles. The van der Waals surface area contributed by atoms with Gasteiger partial charge in [0.2, 0.25) is 11.8 Å². The van der Waals surface area contributed by atoms with E-state index in [1.165, 1.54) is 4.68 Å². The van der Waals surface area contributed by atoms with Crippen LogP contribution in [0.2, 0.25) is 0 Å². The highest BCUT2D eigenvalue weighted by Gasteiger charge is 2.30. The van der Waals surface area contributed by atoms with Crippen LogP contribution in [0.3, 0.4) is 0 Å². The molecule has 11 heteroatoms. The summed E-state index contributed by atoms with van der Waals surface area (Å²) in [6, 6.07) is 15.9. The lowest BCUT2D eigenvalue weighted by Crippen LogP contribution is -2.51. The van der Waals surface area contributed by atoms with Gasteiger partial charge >= 0.3 is 0 Å². The Kier molecular flexibility index (Phi) is 8.61. The molecule has 0 fully saturated rings. The van der Waals surface area contributed by atoms with E-state index in [1.807, 2.05) is 30.3 Å². The third-order valence-electron chi connectivity index (χ3n) is 4.85. The van der Waals surface area contributed by atoms with Gasteiger partial charge in [0.05, 0.1) is 31.2 Å². The highest BCUT2D eigenvalue weighted by Crippen LogP contribution is 2.20. The van der Waals surface area contributed by atoms with Crippen molar-refractivity contribution >= 4 is 5.91 Å². The van der Waals surface area contributed by atoms with E-state index in [1.54, 1.807) is 38.2 Å². The maximum Gasteiger partial charge on any atom is 0.240 e. The minimum Gasteiger partial charge on any atom is -0.475 e. The van der Waals surface area contributed by atoms with Crippen LogP contribution in [0.1, 0.15) is 43.7 Å². The van der Waals surface area contributed by atoms with Gasteiger partial charge in [-0.25, -0.2) is 9.67 Å². The molecule has 0 aliphatic rings. The van der Waals surface area contributed by atoms with E-state index in [-0.39, 0.29) is 19.6 Å². The molecule has 2 unspecified atom stereocenters. The van der Waals surface area contributed by atoms with Crippen LogP contribution in [0, 0.1) is 11.3 Å². The lowest BCUT2D eigenvalue weighted by atomic mass is 10.1. The zero-order valence-corrected chi connectivity index (χ0v) is 19.2. The van der Waals surface area contributed by atoms with Crippen LogP contribution in [0.4, 0.5) is 0 Å². The van der Waals surface area contributed by atoms with Crippen molar-refractivity contribution in [2.45, 2.75) is 44.5 Å². The Balaban J connectivity index is 1.79. The third-order valence-corrected chi connectivity index (χ3v) is 4.85. The molecule has 2 heterocycles. The first-order valence-electron chi connectivity index (χ1n) is 10.8. The predicted octanol–water partition coefficient (Wildman–Crippen LogP) is 1.71. The first kappa shape index (κ1) is 24.8. The molecule has 0 bridgehead atoms.